The lowest BCUT2D eigenvalue weighted by Gasteiger charge is -2.12. The van der Waals surface area contributed by atoms with Crippen molar-refractivity contribution in [2.45, 2.75) is 39.5 Å². The Morgan fingerprint density at radius 1 is 0.733 bits per heavy atom. The van der Waals surface area contributed by atoms with Gasteiger partial charge in [0.2, 0.25) is 0 Å². The lowest BCUT2D eigenvalue weighted by Crippen LogP contribution is -2.00. The van der Waals surface area contributed by atoms with Gasteiger partial charge in [0.25, 0.3) is 0 Å². The number of pyridine rings is 2. The van der Waals surface area contributed by atoms with Crippen LogP contribution in [0, 0.1) is 6.92 Å². The quantitative estimate of drug-likeness (QED) is 0.364. The first-order valence-corrected chi connectivity index (χ1v) is 10.7. The smallest absolute Gasteiger partial charge is 0.0526 e. The van der Waals surface area contributed by atoms with Gasteiger partial charge in [0.15, 0.2) is 0 Å². The van der Waals surface area contributed by atoms with Crippen molar-refractivity contribution >= 4 is 0 Å². The van der Waals surface area contributed by atoms with Crippen LogP contribution in [-0.4, -0.2) is 9.97 Å². The maximum atomic E-state index is 4.72. The largest absolute Gasteiger partial charge is 0.261 e. The molecule has 0 bridgehead atoms. The van der Waals surface area contributed by atoms with Crippen molar-refractivity contribution in [3.05, 3.63) is 119 Å². The van der Waals surface area contributed by atoms with E-state index in [0.717, 1.165) is 37.1 Å². The minimum Gasteiger partial charge on any atom is -0.261 e. The minimum absolute atomic E-state index is 0.791. The zero-order valence-electron chi connectivity index (χ0n) is 17.8. The third kappa shape index (κ3) is 4.83. The second-order valence-electron chi connectivity index (χ2n) is 7.83. The summed E-state index contributed by atoms with van der Waals surface area (Å²) in [6, 6.07) is 25.9. The van der Waals surface area contributed by atoms with Crippen LogP contribution in [0.2, 0.25) is 0 Å². The molecule has 0 saturated heterocycles. The molecule has 2 aromatic heterocycles. The number of nitrogens with zero attached hydrogens (tertiary/aromatic N) is 2. The molecule has 0 aliphatic heterocycles. The molecule has 0 aliphatic carbocycles. The van der Waals surface area contributed by atoms with Gasteiger partial charge in [-0.2, -0.15) is 0 Å². The lowest BCUT2D eigenvalue weighted by atomic mass is 9.95. The van der Waals surface area contributed by atoms with Gasteiger partial charge in [0, 0.05) is 30.1 Å². The van der Waals surface area contributed by atoms with Crippen LogP contribution in [0.4, 0.5) is 0 Å². The summed E-state index contributed by atoms with van der Waals surface area (Å²) in [4.78, 5) is 9.43. The molecule has 0 aliphatic rings. The summed E-state index contributed by atoms with van der Waals surface area (Å²) in [5.74, 6) is 0. The van der Waals surface area contributed by atoms with Gasteiger partial charge < -0.3 is 0 Å². The van der Waals surface area contributed by atoms with Crippen LogP contribution < -0.4 is 0 Å². The van der Waals surface area contributed by atoms with Crippen molar-refractivity contribution in [2.24, 2.45) is 0 Å². The number of rotatable bonds is 7. The van der Waals surface area contributed by atoms with Gasteiger partial charge in [0.05, 0.1) is 5.69 Å². The summed E-state index contributed by atoms with van der Waals surface area (Å²) in [6.07, 6.45) is 7.68. The fourth-order valence-electron chi connectivity index (χ4n) is 3.96. The first kappa shape index (κ1) is 20.0. The average molecular weight is 393 g/mol. The van der Waals surface area contributed by atoms with Gasteiger partial charge in [-0.15, -0.1) is 0 Å². The van der Waals surface area contributed by atoms with Gasteiger partial charge in [-0.1, -0.05) is 73.2 Å². The Balaban J connectivity index is 1.49. The highest BCUT2D eigenvalue weighted by Gasteiger charge is 2.10. The molecule has 0 fully saturated rings. The Morgan fingerprint density at radius 2 is 1.60 bits per heavy atom. The molecule has 0 N–H and O–H groups in total. The SMILES string of the molecule is CCc1ccccc1-c1cccnc1Cc1ccc(CCc2cccc(C)c2)nc1. The van der Waals surface area contributed by atoms with Gasteiger partial charge in [-0.25, -0.2) is 0 Å². The summed E-state index contributed by atoms with van der Waals surface area (Å²) >= 11 is 0. The first-order chi connectivity index (χ1) is 14.7. The highest BCUT2D eigenvalue weighted by Crippen LogP contribution is 2.27. The van der Waals surface area contributed by atoms with Crippen LogP contribution in [-0.2, 0) is 25.7 Å². The number of hydrogen-bond donors (Lipinski definition) is 0. The molecule has 30 heavy (non-hydrogen) atoms. The van der Waals surface area contributed by atoms with Gasteiger partial charge in [-0.05, 0) is 60.6 Å². The van der Waals surface area contributed by atoms with E-state index in [-0.39, 0.29) is 0 Å². The van der Waals surface area contributed by atoms with E-state index in [4.69, 9.17) is 9.97 Å². The Hall–Kier alpha value is -3.26. The summed E-state index contributed by atoms with van der Waals surface area (Å²) in [5.41, 5.74) is 9.98. The lowest BCUT2D eigenvalue weighted by molar-refractivity contribution is 0.905. The average Bonchev–Trinajstić information content (AvgIpc) is 2.79. The molecule has 2 heterocycles. The predicted octanol–water partition coefficient (Wildman–Crippen LogP) is 6.39. The van der Waals surface area contributed by atoms with E-state index >= 15 is 0 Å². The molecule has 2 aromatic carbocycles. The number of hydrogen-bond acceptors (Lipinski definition) is 2. The van der Waals surface area contributed by atoms with E-state index in [9.17, 15) is 0 Å². The van der Waals surface area contributed by atoms with Crippen molar-refractivity contribution in [3.63, 3.8) is 0 Å². The second kappa shape index (κ2) is 9.49. The van der Waals surface area contributed by atoms with E-state index in [1.165, 1.54) is 33.4 Å². The molecular formula is C28H28N2. The van der Waals surface area contributed by atoms with Crippen LogP contribution in [0.25, 0.3) is 11.1 Å². The summed E-state index contributed by atoms with van der Waals surface area (Å²) in [7, 11) is 0. The van der Waals surface area contributed by atoms with Crippen LogP contribution >= 0.6 is 0 Å². The zero-order valence-corrected chi connectivity index (χ0v) is 17.8. The molecule has 0 radical (unpaired) electrons. The minimum atomic E-state index is 0.791. The maximum Gasteiger partial charge on any atom is 0.0526 e. The predicted molar refractivity (Wildman–Crippen MR) is 125 cm³/mol. The van der Waals surface area contributed by atoms with Gasteiger partial charge >= 0.3 is 0 Å². The first-order valence-electron chi connectivity index (χ1n) is 10.7. The van der Waals surface area contributed by atoms with Crippen LogP contribution in [0.3, 0.4) is 0 Å². The van der Waals surface area contributed by atoms with Crippen molar-refractivity contribution < 1.29 is 0 Å². The Kier molecular flexibility index (Phi) is 6.34. The van der Waals surface area contributed by atoms with Gasteiger partial charge in [-0.3, -0.25) is 9.97 Å². The third-order valence-electron chi connectivity index (χ3n) is 5.59. The molecule has 0 atom stereocenters. The standard InChI is InChI=1S/C28H28N2/c1-3-24-10-4-5-11-26(24)27-12-7-17-29-28(27)19-23-14-16-25(30-20-23)15-13-22-9-6-8-21(2)18-22/h4-12,14,16-18,20H,3,13,15,19H2,1-2H3. The topological polar surface area (TPSA) is 25.8 Å². The molecule has 4 aromatic rings. The molecule has 2 heteroatoms. The number of aromatic nitrogens is 2. The van der Waals surface area contributed by atoms with E-state index in [2.05, 4.69) is 80.6 Å². The fourth-order valence-corrected chi connectivity index (χ4v) is 3.96. The maximum absolute atomic E-state index is 4.72. The molecule has 0 unspecified atom stereocenters. The van der Waals surface area contributed by atoms with E-state index in [1.807, 2.05) is 18.5 Å². The summed E-state index contributed by atoms with van der Waals surface area (Å²) < 4.78 is 0. The molecule has 4 rings (SSSR count). The second-order valence-corrected chi connectivity index (χ2v) is 7.83. The van der Waals surface area contributed by atoms with Crippen LogP contribution in [0.1, 0.15) is 40.6 Å². The van der Waals surface area contributed by atoms with E-state index < -0.39 is 0 Å². The summed E-state index contributed by atoms with van der Waals surface area (Å²) in [5, 5.41) is 0. The number of aryl methyl sites for hydroxylation is 4. The Bertz CT molecular complexity index is 1110. The van der Waals surface area contributed by atoms with Crippen molar-refractivity contribution in [2.75, 3.05) is 0 Å². The van der Waals surface area contributed by atoms with E-state index in [1.54, 1.807) is 0 Å². The monoisotopic (exact) mass is 392 g/mol. The van der Waals surface area contributed by atoms with Crippen molar-refractivity contribution in [1.82, 2.24) is 9.97 Å². The molecule has 0 spiro atoms. The molecular weight excluding hydrogens is 364 g/mol. The Labute approximate surface area is 179 Å². The van der Waals surface area contributed by atoms with Crippen LogP contribution in [0.5, 0.6) is 0 Å². The molecule has 150 valence electrons. The molecule has 0 saturated carbocycles. The van der Waals surface area contributed by atoms with Crippen molar-refractivity contribution in [3.8, 4) is 11.1 Å². The molecule has 2 nitrogen and oxygen atoms in total. The zero-order chi connectivity index (χ0) is 20.8. The third-order valence-corrected chi connectivity index (χ3v) is 5.59. The van der Waals surface area contributed by atoms with Crippen LogP contribution in [0.15, 0.2) is 85.2 Å². The Morgan fingerprint density at radius 3 is 2.40 bits per heavy atom. The fraction of sp³-hybridized carbons (Fsp3) is 0.214. The summed E-state index contributed by atoms with van der Waals surface area (Å²) in [6.45, 7) is 4.34. The normalized spacial score (nSPS) is 10.9. The van der Waals surface area contributed by atoms with Gasteiger partial charge in [0.1, 0.15) is 0 Å². The number of benzene rings is 2. The molecule has 0 amide bonds. The van der Waals surface area contributed by atoms with E-state index in [0.29, 0.717) is 0 Å². The van der Waals surface area contributed by atoms with Crippen molar-refractivity contribution in [1.29, 1.82) is 0 Å². The highest BCUT2D eigenvalue weighted by molar-refractivity contribution is 5.69. The highest BCUT2D eigenvalue weighted by atomic mass is 14.7.